The van der Waals surface area contributed by atoms with E-state index in [-0.39, 0.29) is 6.04 Å². The Balaban J connectivity index is 2.84. The van der Waals surface area contributed by atoms with Crippen LogP contribution in [0.15, 0.2) is 18.2 Å². The Morgan fingerprint density at radius 2 is 1.90 bits per heavy atom. The number of benzene rings is 1. The van der Waals surface area contributed by atoms with Crippen molar-refractivity contribution in [3.05, 3.63) is 23.8 Å². The number of ether oxygens (including phenoxy) is 3. The molecule has 2 atom stereocenters. The third-order valence-corrected chi connectivity index (χ3v) is 3.64. The van der Waals surface area contributed by atoms with E-state index in [1.54, 1.807) is 27.4 Å². The van der Waals surface area contributed by atoms with Crippen molar-refractivity contribution in [2.75, 3.05) is 41.0 Å². The van der Waals surface area contributed by atoms with Crippen LogP contribution in [0.5, 0.6) is 11.5 Å². The van der Waals surface area contributed by atoms with Gasteiger partial charge in [-0.15, -0.1) is 0 Å². The summed E-state index contributed by atoms with van der Waals surface area (Å²) in [5, 5.41) is 10.5. The number of rotatable bonds is 9. The predicted octanol–water partition coefficient (Wildman–Crippen LogP) is 2.09. The normalized spacial score (nSPS) is 14.0. The molecule has 5 heteroatoms. The zero-order chi connectivity index (χ0) is 15.8. The minimum Gasteiger partial charge on any atom is -0.497 e. The van der Waals surface area contributed by atoms with Crippen LogP contribution >= 0.6 is 0 Å². The van der Waals surface area contributed by atoms with Crippen LogP contribution in [0.25, 0.3) is 0 Å². The van der Waals surface area contributed by atoms with E-state index in [4.69, 9.17) is 14.2 Å². The molecule has 0 aromatic heterocycles. The van der Waals surface area contributed by atoms with E-state index in [2.05, 4.69) is 18.7 Å². The molecule has 1 N–H and O–H groups in total. The first kappa shape index (κ1) is 17.8. The average Bonchev–Trinajstić information content (AvgIpc) is 2.51. The van der Waals surface area contributed by atoms with E-state index < -0.39 is 6.10 Å². The molecule has 1 aromatic rings. The largest absolute Gasteiger partial charge is 0.497 e. The van der Waals surface area contributed by atoms with Gasteiger partial charge in [0.15, 0.2) is 0 Å². The monoisotopic (exact) mass is 297 g/mol. The number of aliphatic hydroxyl groups is 1. The molecular weight excluding hydrogens is 270 g/mol. The zero-order valence-corrected chi connectivity index (χ0v) is 13.6. The summed E-state index contributed by atoms with van der Waals surface area (Å²) in [6.45, 7) is 6.18. The molecular formula is C16H27NO4. The minimum atomic E-state index is -0.620. The smallest absolute Gasteiger partial charge is 0.128 e. The van der Waals surface area contributed by atoms with Crippen molar-refractivity contribution in [1.29, 1.82) is 0 Å². The van der Waals surface area contributed by atoms with Crippen LogP contribution in [0.1, 0.15) is 25.5 Å². The lowest BCUT2D eigenvalue weighted by molar-refractivity contribution is 0.0572. The summed E-state index contributed by atoms with van der Waals surface area (Å²) in [6, 6.07) is 5.71. The minimum absolute atomic E-state index is 0.249. The van der Waals surface area contributed by atoms with Gasteiger partial charge < -0.3 is 19.3 Å². The number of aliphatic hydroxyl groups excluding tert-OH is 1. The molecule has 0 saturated carbocycles. The Morgan fingerprint density at radius 3 is 2.43 bits per heavy atom. The highest BCUT2D eigenvalue weighted by atomic mass is 16.5. The number of hydrogen-bond donors (Lipinski definition) is 1. The van der Waals surface area contributed by atoms with Gasteiger partial charge in [-0.3, -0.25) is 4.90 Å². The Morgan fingerprint density at radius 1 is 1.19 bits per heavy atom. The lowest BCUT2D eigenvalue weighted by Gasteiger charge is -2.29. The van der Waals surface area contributed by atoms with Crippen LogP contribution in [0, 0.1) is 0 Å². The summed E-state index contributed by atoms with van der Waals surface area (Å²) in [4.78, 5) is 2.18. The van der Waals surface area contributed by atoms with Crippen molar-refractivity contribution in [1.82, 2.24) is 4.90 Å². The molecule has 0 amide bonds. The molecule has 0 bridgehead atoms. The first-order valence-electron chi connectivity index (χ1n) is 7.20. The van der Waals surface area contributed by atoms with E-state index >= 15 is 0 Å². The Labute approximate surface area is 127 Å². The van der Waals surface area contributed by atoms with Crippen molar-refractivity contribution < 1.29 is 19.3 Å². The van der Waals surface area contributed by atoms with Gasteiger partial charge in [0.1, 0.15) is 11.5 Å². The van der Waals surface area contributed by atoms with Gasteiger partial charge in [0.05, 0.1) is 26.9 Å². The van der Waals surface area contributed by atoms with Gasteiger partial charge in [-0.05, 0) is 25.6 Å². The van der Waals surface area contributed by atoms with Crippen LogP contribution in [-0.4, -0.2) is 57.1 Å². The van der Waals surface area contributed by atoms with Crippen molar-refractivity contribution in [3.8, 4) is 11.5 Å². The number of likely N-dealkylation sites (N-methyl/N-ethyl adjacent to an activating group) is 1. The van der Waals surface area contributed by atoms with Gasteiger partial charge in [0.25, 0.3) is 0 Å². The van der Waals surface area contributed by atoms with Gasteiger partial charge in [-0.25, -0.2) is 0 Å². The molecule has 0 radical (unpaired) electrons. The lowest BCUT2D eigenvalue weighted by atomic mass is 10.1. The van der Waals surface area contributed by atoms with Crippen LogP contribution in [0.3, 0.4) is 0 Å². The molecule has 120 valence electrons. The van der Waals surface area contributed by atoms with E-state index in [9.17, 15) is 5.11 Å². The van der Waals surface area contributed by atoms with Crippen LogP contribution in [0.2, 0.25) is 0 Å². The third-order valence-electron chi connectivity index (χ3n) is 3.64. The number of hydrogen-bond acceptors (Lipinski definition) is 5. The molecule has 0 heterocycles. The summed E-state index contributed by atoms with van der Waals surface area (Å²) in [7, 11) is 4.89. The van der Waals surface area contributed by atoms with Crippen molar-refractivity contribution in [2.24, 2.45) is 0 Å². The van der Waals surface area contributed by atoms with Crippen molar-refractivity contribution >= 4 is 0 Å². The zero-order valence-electron chi connectivity index (χ0n) is 13.6. The molecule has 2 unspecified atom stereocenters. The summed E-state index contributed by atoms with van der Waals surface area (Å²) >= 11 is 0. The van der Waals surface area contributed by atoms with E-state index in [1.807, 2.05) is 12.1 Å². The first-order valence-corrected chi connectivity index (χ1v) is 7.20. The maximum atomic E-state index is 10.5. The Kier molecular flexibility index (Phi) is 7.50. The van der Waals surface area contributed by atoms with Crippen LogP contribution in [0.4, 0.5) is 0 Å². The number of methoxy groups -OCH3 is 3. The fourth-order valence-corrected chi connectivity index (χ4v) is 2.38. The van der Waals surface area contributed by atoms with E-state index in [1.165, 1.54) is 0 Å². The number of nitrogens with zero attached hydrogens (tertiary/aromatic N) is 1. The fraction of sp³-hybridized carbons (Fsp3) is 0.625. The van der Waals surface area contributed by atoms with E-state index in [0.717, 1.165) is 12.1 Å². The molecule has 1 aromatic carbocycles. The fourth-order valence-electron chi connectivity index (χ4n) is 2.38. The predicted molar refractivity (Wildman–Crippen MR) is 83.1 cm³/mol. The maximum Gasteiger partial charge on any atom is 0.128 e. The molecule has 0 aliphatic carbocycles. The molecule has 0 aliphatic heterocycles. The van der Waals surface area contributed by atoms with E-state index in [0.29, 0.717) is 24.7 Å². The third kappa shape index (κ3) is 4.88. The SMILES string of the molecule is CCN(CC(O)c1ccc(OC)cc1OC)C(C)COC. The first-order chi connectivity index (χ1) is 10.1. The molecule has 21 heavy (non-hydrogen) atoms. The maximum absolute atomic E-state index is 10.5. The van der Waals surface area contributed by atoms with Gasteiger partial charge in [0, 0.05) is 31.3 Å². The summed E-state index contributed by atoms with van der Waals surface area (Å²) < 4.78 is 15.7. The lowest BCUT2D eigenvalue weighted by Crippen LogP contribution is -2.39. The molecule has 0 spiro atoms. The molecule has 0 fully saturated rings. The summed E-state index contributed by atoms with van der Waals surface area (Å²) in [6.07, 6.45) is -0.620. The molecule has 1 rings (SSSR count). The molecule has 0 saturated heterocycles. The van der Waals surface area contributed by atoms with Crippen molar-refractivity contribution in [3.63, 3.8) is 0 Å². The highest BCUT2D eigenvalue weighted by Gasteiger charge is 2.20. The molecule has 0 aliphatic rings. The average molecular weight is 297 g/mol. The Bertz CT molecular complexity index is 425. The van der Waals surface area contributed by atoms with Gasteiger partial charge >= 0.3 is 0 Å². The van der Waals surface area contributed by atoms with Crippen molar-refractivity contribution in [2.45, 2.75) is 26.0 Å². The summed E-state index contributed by atoms with van der Waals surface area (Å²) in [5.41, 5.74) is 0.765. The highest BCUT2D eigenvalue weighted by Crippen LogP contribution is 2.30. The molecule has 5 nitrogen and oxygen atoms in total. The van der Waals surface area contributed by atoms with Gasteiger partial charge in [0.2, 0.25) is 0 Å². The second-order valence-electron chi connectivity index (χ2n) is 5.02. The van der Waals surface area contributed by atoms with Gasteiger partial charge in [-0.2, -0.15) is 0 Å². The second kappa shape index (κ2) is 8.87. The standard InChI is InChI=1S/C16H27NO4/c1-6-17(12(2)11-19-3)10-15(18)14-8-7-13(20-4)9-16(14)21-5/h7-9,12,15,18H,6,10-11H2,1-5H3. The highest BCUT2D eigenvalue weighted by molar-refractivity contribution is 5.42. The van der Waals surface area contributed by atoms with Crippen LogP contribution in [-0.2, 0) is 4.74 Å². The quantitative estimate of drug-likeness (QED) is 0.756. The van der Waals surface area contributed by atoms with Gasteiger partial charge in [-0.1, -0.05) is 6.92 Å². The Hall–Kier alpha value is -1.30. The topological polar surface area (TPSA) is 51.2 Å². The summed E-state index contributed by atoms with van der Waals surface area (Å²) in [5.74, 6) is 1.35. The second-order valence-corrected chi connectivity index (χ2v) is 5.02. The van der Waals surface area contributed by atoms with Crippen LogP contribution < -0.4 is 9.47 Å².